The molecular formula is C24H33NO3. The van der Waals surface area contributed by atoms with E-state index in [0.717, 1.165) is 43.2 Å². The van der Waals surface area contributed by atoms with Crippen LogP contribution in [0.3, 0.4) is 0 Å². The predicted octanol–water partition coefficient (Wildman–Crippen LogP) is 3.68. The Bertz CT molecular complexity index is 694. The summed E-state index contributed by atoms with van der Waals surface area (Å²) in [5, 5.41) is 18.5. The Morgan fingerprint density at radius 3 is 2.04 bits per heavy atom. The van der Waals surface area contributed by atoms with Crippen molar-refractivity contribution >= 4 is 5.78 Å². The standard InChI is InChI=1S/C24H33NO3/c25-24(18-26,19-27)17-16-21-12-14-22(15-13-21)23(28)11-7-2-1-4-8-20-9-5-3-6-10-20/h3,5-6,9-10,12-15,26-27H,1-2,4,7-8,11,16-19,25H2. The number of carbonyl (C=O) groups is 1. The second-order valence-electron chi connectivity index (χ2n) is 7.70. The first-order valence-electron chi connectivity index (χ1n) is 10.2. The molecule has 0 heterocycles. The Balaban J connectivity index is 1.65. The number of ketones is 1. The molecule has 0 aromatic heterocycles. The normalized spacial score (nSPS) is 11.5. The fraction of sp³-hybridized carbons (Fsp3) is 0.458. The molecule has 4 nitrogen and oxygen atoms in total. The van der Waals surface area contributed by atoms with Gasteiger partial charge in [0.05, 0.1) is 18.8 Å². The second kappa shape index (κ2) is 11.7. The lowest BCUT2D eigenvalue weighted by molar-refractivity contribution is 0.0979. The molecule has 0 atom stereocenters. The van der Waals surface area contributed by atoms with Crippen LogP contribution in [0.15, 0.2) is 54.6 Å². The van der Waals surface area contributed by atoms with E-state index in [9.17, 15) is 15.0 Å². The van der Waals surface area contributed by atoms with Gasteiger partial charge in [-0.05, 0) is 43.2 Å². The molecule has 4 N–H and O–H groups in total. The number of rotatable bonds is 13. The summed E-state index contributed by atoms with van der Waals surface area (Å²) in [7, 11) is 0. The SMILES string of the molecule is NC(CO)(CO)CCc1ccc(C(=O)CCCCCCc2ccccc2)cc1. The van der Waals surface area contributed by atoms with Gasteiger partial charge in [-0.3, -0.25) is 4.79 Å². The van der Waals surface area contributed by atoms with Crippen molar-refractivity contribution in [2.75, 3.05) is 13.2 Å². The summed E-state index contributed by atoms with van der Waals surface area (Å²) in [6.45, 7) is -0.489. The van der Waals surface area contributed by atoms with Crippen LogP contribution in [-0.4, -0.2) is 34.7 Å². The van der Waals surface area contributed by atoms with Gasteiger partial charge in [-0.15, -0.1) is 0 Å². The van der Waals surface area contributed by atoms with Crippen molar-refractivity contribution in [3.63, 3.8) is 0 Å². The van der Waals surface area contributed by atoms with Crippen LogP contribution in [-0.2, 0) is 12.8 Å². The largest absolute Gasteiger partial charge is 0.394 e. The predicted molar refractivity (Wildman–Crippen MR) is 113 cm³/mol. The van der Waals surface area contributed by atoms with Crippen molar-refractivity contribution in [1.82, 2.24) is 0 Å². The Morgan fingerprint density at radius 1 is 0.786 bits per heavy atom. The molecule has 0 radical (unpaired) electrons. The molecule has 2 aromatic rings. The lowest BCUT2D eigenvalue weighted by atomic mass is 9.93. The maximum atomic E-state index is 12.3. The fourth-order valence-electron chi connectivity index (χ4n) is 3.22. The minimum absolute atomic E-state index is 0.188. The van der Waals surface area contributed by atoms with Crippen LogP contribution in [0.5, 0.6) is 0 Å². The number of aliphatic hydroxyl groups is 2. The van der Waals surface area contributed by atoms with Gasteiger partial charge in [0.25, 0.3) is 0 Å². The van der Waals surface area contributed by atoms with E-state index in [1.807, 2.05) is 30.3 Å². The van der Waals surface area contributed by atoms with Gasteiger partial charge in [0, 0.05) is 12.0 Å². The molecule has 0 fully saturated rings. The van der Waals surface area contributed by atoms with Gasteiger partial charge in [0.15, 0.2) is 5.78 Å². The first kappa shape index (κ1) is 22.3. The third-order valence-corrected chi connectivity index (χ3v) is 5.28. The number of hydrogen-bond acceptors (Lipinski definition) is 4. The highest BCUT2D eigenvalue weighted by Gasteiger charge is 2.22. The molecule has 0 aliphatic rings. The summed E-state index contributed by atoms with van der Waals surface area (Å²) >= 11 is 0. The Morgan fingerprint density at radius 2 is 1.39 bits per heavy atom. The summed E-state index contributed by atoms with van der Waals surface area (Å²) in [6.07, 6.45) is 7.17. The molecule has 0 aliphatic carbocycles. The zero-order chi connectivity index (χ0) is 20.2. The molecule has 0 spiro atoms. The summed E-state index contributed by atoms with van der Waals surface area (Å²) in [5.74, 6) is 0.188. The first-order chi connectivity index (χ1) is 13.6. The van der Waals surface area contributed by atoms with E-state index in [1.54, 1.807) is 0 Å². The first-order valence-corrected chi connectivity index (χ1v) is 10.2. The van der Waals surface area contributed by atoms with Gasteiger partial charge in [-0.2, -0.15) is 0 Å². The van der Waals surface area contributed by atoms with Crippen molar-refractivity contribution in [2.24, 2.45) is 5.73 Å². The highest BCUT2D eigenvalue weighted by atomic mass is 16.3. The van der Waals surface area contributed by atoms with Gasteiger partial charge in [-0.1, -0.05) is 67.4 Å². The lowest BCUT2D eigenvalue weighted by Gasteiger charge is -2.24. The third kappa shape index (κ3) is 7.55. The smallest absolute Gasteiger partial charge is 0.162 e. The second-order valence-corrected chi connectivity index (χ2v) is 7.70. The number of carbonyl (C=O) groups excluding carboxylic acids is 1. The maximum Gasteiger partial charge on any atom is 0.162 e. The molecule has 0 saturated carbocycles. The number of benzene rings is 2. The summed E-state index contributed by atoms with van der Waals surface area (Å²) in [6, 6.07) is 18.1. The van der Waals surface area contributed by atoms with Crippen molar-refractivity contribution in [3.05, 3.63) is 71.3 Å². The van der Waals surface area contributed by atoms with E-state index in [0.29, 0.717) is 19.3 Å². The summed E-state index contributed by atoms with van der Waals surface area (Å²) in [4.78, 5) is 12.3. The van der Waals surface area contributed by atoms with Gasteiger partial charge >= 0.3 is 0 Å². The number of nitrogens with two attached hydrogens (primary N) is 1. The molecule has 4 heteroatoms. The molecule has 152 valence electrons. The fourth-order valence-corrected chi connectivity index (χ4v) is 3.22. The van der Waals surface area contributed by atoms with Crippen molar-refractivity contribution in [1.29, 1.82) is 0 Å². The zero-order valence-electron chi connectivity index (χ0n) is 16.6. The van der Waals surface area contributed by atoms with Gasteiger partial charge in [0.2, 0.25) is 0 Å². The Labute approximate surface area is 168 Å². The van der Waals surface area contributed by atoms with E-state index < -0.39 is 5.54 Å². The van der Waals surface area contributed by atoms with E-state index >= 15 is 0 Å². The van der Waals surface area contributed by atoms with E-state index in [-0.39, 0.29) is 19.0 Å². The number of aryl methyl sites for hydroxylation is 2. The van der Waals surface area contributed by atoms with Crippen LogP contribution in [0.4, 0.5) is 0 Å². The van der Waals surface area contributed by atoms with Crippen LogP contribution in [0.25, 0.3) is 0 Å². The van der Waals surface area contributed by atoms with Crippen LogP contribution in [0.1, 0.15) is 60.0 Å². The van der Waals surface area contributed by atoms with Crippen LogP contribution in [0.2, 0.25) is 0 Å². The highest BCUT2D eigenvalue weighted by molar-refractivity contribution is 5.96. The minimum atomic E-state index is -0.949. The molecular weight excluding hydrogens is 350 g/mol. The third-order valence-electron chi connectivity index (χ3n) is 5.28. The average molecular weight is 384 g/mol. The number of hydrogen-bond donors (Lipinski definition) is 3. The maximum absolute atomic E-state index is 12.3. The molecule has 2 aromatic carbocycles. The highest BCUT2D eigenvalue weighted by Crippen LogP contribution is 2.15. The van der Waals surface area contributed by atoms with Crippen LogP contribution in [0, 0.1) is 0 Å². The molecule has 0 bridgehead atoms. The van der Waals surface area contributed by atoms with E-state index in [1.165, 1.54) is 5.56 Å². The quantitative estimate of drug-likeness (QED) is 0.364. The van der Waals surface area contributed by atoms with Crippen molar-refractivity contribution < 1.29 is 15.0 Å². The van der Waals surface area contributed by atoms with Gasteiger partial charge in [-0.25, -0.2) is 0 Å². The zero-order valence-corrected chi connectivity index (χ0v) is 16.6. The molecule has 0 unspecified atom stereocenters. The van der Waals surface area contributed by atoms with E-state index in [2.05, 4.69) is 24.3 Å². The molecule has 2 rings (SSSR count). The lowest BCUT2D eigenvalue weighted by Crippen LogP contribution is -2.47. The summed E-state index contributed by atoms with van der Waals surface area (Å²) < 4.78 is 0. The molecule has 0 amide bonds. The van der Waals surface area contributed by atoms with Crippen LogP contribution >= 0.6 is 0 Å². The Kier molecular flexibility index (Phi) is 9.35. The number of Topliss-reactive ketones (excluding diaryl/α,β-unsaturated/α-hetero) is 1. The van der Waals surface area contributed by atoms with E-state index in [4.69, 9.17) is 5.73 Å². The molecule has 0 saturated heterocycles. The van der Waals surface area contributed by atoms with Gasteiger partial charge in [0.1, 0.15) is 0 Å². The van der Waals surface area contributed by atoms with Crippen molar-refractivity contribution in [3.8, 4) is 0 Å². The van der Waals surface area contributed by atoms with Crippen LogP contribution < -0.4 is 5.73 Å². The molecule has 28 heavy (non-hydrogen) atoms. The van der Waals surface area contributed by atoms with Gasteiger partial charge < -0.3 is 15.9 Å². The monoisotopic (exact) mass is 383 g/mol. The topological polar surface area (TPSA) is 83.6 Å². The Hall–Kier alpha value is -2.01. The minimum Gasteiger partial charge on any atom is -0.394 e. The van der Waals surface area contributed by atoms with Crippen molar-refractivity contribution in [2.45, 2.75) is 56.9 Å². The molecule has 0 aliphatic heterocycles. The summed E-state index contributed by atoms with van der Waals surface area (Å²) in [5.41, 5.74) is 8.12. The number of unbranched alkanes of at least 4 members (excludes halogenated alkanes) is 3. The number of aliphatic hydroxyl groups excluding tert-OH is 2. The average Bonchev–Trinajstić information content (AvgIpc) is 2.75.